The van der Waals surface area contributed by atoms with Crippen LogP contribution >= 0.6 is 24.0 Å². The van der Waals surface area contributed by atoms with Gasteiger partial charge in [0.25, 0.3) is 0 Å². The molecule has 1 aliphatic rings. The Kier molecular flexibility index (Phi) is 10.2. The van der Waals surface area contributed by atoms with E-state index in [9.17, 15) is 4.79 Å². The predicted octanol–water partition coefficient (Wildman–Crippen LogP) is 4.01. The second-order valence-electron chi connectivity index (χ2n) is 6.76. The smallest absolute Gasteiger partial charge is 0.222 e. The second-order valence-corrected chi connectivity index (χ2v) is 7.20. The fourth-order valence-electron chi connectivity index (χ4n) is 3.11. The number of hydrogen-bond donors (Lipinski definition) is 1. The molecule has 1 aromatic carbocycles. The molecule has 0 aliphatic carbocycles. The molecule has 0 radical (unpaired) electrons. The molecular formula is C19H30Cl2N2O2. The maximum absolute atomic E-state index is 12.3. The van der Waals surface area contributed by atoms with Crippen LogP contribution in [0.1, 0.15) is 32.6 Å². The number of hydrogen-bond acceptors (Lipinski definition) is 3. The topological polar surface area (TPSA) is 41.6 Å². The number of rotatable bonds is 8. The maximum atomic E-state index is 12.3. The summed E-state index contributed by atoms with van der Waals surface area (Å²) in [4.78, 5) is 14.2. The van der Waals surface area contributed by atoms with Crippen molar-refractivity contribution in [2.24, 2.45) is 11.8 Å². The number of carbonyl (C=O) groups is 1. The largest absolute Gasteiger partial charge is 0.494 e. The Hall–Kier alpha value is -0.970. The molecular weight excluding hydrogens is 359 g/mol. The number of piperidine rings is 1. The van der Waals surface area contributed by atoms with Crippen LogP contribution in [0.3, 0.4) is 0 Å². The van der Waals surface area contributed by atoms with Gasteiger partial charge in [-0.2, -0.15) is 0 Å². The van der Waals surface area contributed by atoms with E-state index in [0.717, 1.165) is 31.8 Å². The zero-order valence-corrected chi connectivity index (χ0v) is 16.7. The average Bonchev–Trinajstić information content (AvgIpc) is 2.60. The number of amides is 1. The zero-order valence-electron chi connectivity index (χ0n) is 15.2. The minimum absolute atomic E-state index is 0. The van der Waals surface area contributed by atoms with Crippen LogP contribution in [0.5, 0.6) is 5.75 Å². The summed E-state index contributed by atoms with van der Waals surface area (Å²) in [6.07, 6.45) is 3.92. The molecule has 2 atom stereocenters. The highest BCUT2D eigenvalue weighted by Gasteiger charge is 2.23. The van der Waals surface area contributed by atoms with Crippen LogP contribution in [-0.4, -0.2) is 44.1 Å². The number of carbonyl (C=O) groups excluding carboxylic acids is 1. The Morgan fingerprint density at radius 1 is 1.40 bits per heavy atom. The molecule has 0 aromatic heterocycles. The van der Waals surface area contributed by atoms with E-state index in [-0.39, 0.29) is 18.3 Å². The van der Waals surface area contributed by atoms with Gasteiger partial charge < -0.3 is 15.0 Å². The minimum atomic E-state index is 0. The van der Waals surface area contributed by atoms with E-state index in [4.69, 9.17) is 16.3 Å². The first kappa shape index (κ1) is 22.1. The summed E-state index contributed by atoms with van der Waals surface area (Å²) in [6.45, 7) is 5.69. The molecule has 0 bridgehead atoms. The van der Waals surface area contributed by atoms with E-state index in [1.165, 1.54) is 12.8 Å². The van der Waals surface area contributed by atoms with Gasteiger partial charge in [0.2, 0.25) is 5.91 Å². The highest BCUT2D eigenvalue weighted by Crippen LogP contribution is 2.23. The summed E-state index contributed by atoms with van der Waals surface area (Å²) in [5.41, 5.74) is 0. The summed E-state index contributed by atoms with van der Waals surface area (Å²) >= 11 is 5.84. The van der Waals surface area contributed by atoms with E-state index in [1.807, 2.05) is 36.2 Å². The van der Waals surface area contributed by atoms with Gasteiger partial charge in [-0.05, 0) is 68.5 Å². The lowest BCUT2D eigenvalue weighted by atomic mass is 9.85. The van der Waals surface area contributed by atoms with E-state index < -0.39 is 0 Å². The van der Waals surface area contributed by atoms with Gasteiger partial charge in [0.05, 0.1) is 6.61 Å². The van der Waals surface area contributed by atoms with Crippen molar-refractivity contribution in [2.75, 3.05) is 33.3 Å². The Balaban J connectivity index is 0.00000312. The fraction of sp³-hybridized carbons (Fsp3) is 0.632. The van der Waals surface area contributed by atoms with Crippen molar-refractivity contribution >= 4 is 29.9 Å². The summed E-state index contributed by atoms with van der Waals surface area (Å²) in [7, 11) is 1.89. The number of benzene rings is 1. The molecule has 1 heterocycles. The molecule has 0 spiro atoms. The van der Waals surface area contributed by atoms with Crippen molar-refractivity contribution in [3.8, 4) is 5.75 Å². The van der Waals surface area contributed by atoms with Gasteiger partial charge >= 0.3 is 0 Å². The first-order valence-corrected chi connectivity index (χ1v) is 9.27. The molecule has 2 rings (SSSR count). The van der Waals surface area contributed by atoms with Gasteiger partial charge in [0.1, 0.15) is 5.75 Å². The number of ether oxygens (including phenoxy) is 1. The Morgan fingerprint density at radius 3 is 2.76 bits per heavy atom. The number of nitrogens with one attached hydrogen (secondary N) is 1. The Labute approximate surface area is 162 Å². The lowest BCUT2D eigenvalue weighted by Gasteiger charge is -2.29. The molecule has 1 saturated heterocycles. The van der Waals surface area contributed by atoms with Crippen LogP contribution in [-0.2, 0) is 4.79 Å². The third-order valence-corrected chi connectivity index (χ3v) is 5.03. The molecule has 0 saturated carbocycles. The standard InChI is InChI=1S/C19H29ClN2O2.ClH/c1-15(16-5-3-10-21-14-16)13-19(23)22(2)11-4-12-24-18-8-6-17(20)7-9-18;/h6-9,15-16,21H,3-5,10-14H2,1-2H3;1H. The van der Waals surface area contributed by atoms with Crippen LogP contribution in [0.25, 0.3) is 0 Å². The molecule has 4 nitrogen and oxygen atoms in total. The Morgan fingerprint density at radius 2 is 2.12 bits per heavy atom. The lowest BCUT2D eigenvalue weighted by molar-refractivity contribution is -0.131. The third-order valence-electron chi connectivity index (χ3n) is 4.78. The van der Waals surface area contributed by atoms with Crippen LogP contribution in [0.4, 0.5) is 0 Å². The number of halogens is 2. The molecule has 1 amide bonds. The van der Waals surface area contributed by atoms with E-state index >= 15 is 0 Å². The SMILES string of the molecule is CC(CC(=O)N(C)CCCOc1ccc(Cl)cc1)C1CCCNC1.Cl. The van der Waals surface area contributed by atoms with Gasteiger partial charge in [0, 0.05) is 25.0 Å². The van der Waals surface area contributed by atoms with Crippen molar-refractivity contribution in [2.45, 2.75) is 32.6 Å². The predicted molar refractivity (Wildman–Crippen MR) is 106 cm³/mol. The van der Waals surface area contributed by atoms with Crippen molar-refractivity contribution in [3.05, 3.63) is 29.3 Å². The molecule has 1 aromatic rings. The molecule has 2 unspecified atom stereocenters. The molecule has 25 heavy (non-hydrogen) atoms. The molecule has 6 heteroatoms. The second kappa shape index (κ2) is 11.6. The molecule has 1 aliphatic heterocycles. The summed E-state index contributed by atoms with van der Waals surface area (Å²) in [5, 5.41) is 4.13. The van der Waals surface area contributed by atoms with Crippen molar-refractivity contribution in [3.63, 3.8) is 0 Å². The molecule has 142 valence electrons. The lowest BCUT2D eigenvalue weighted by Crippen LogP contribution is -2.36. The highest BCUT2D eigenvalue weighted by molar-refractivity contribution is 6.30. The Bertz CT molecular complexity index is 505. The average molecular weight is 389 g/mol. The first-order chi connectivity index (χ1) is 11.6. The monoisotopic (exact) mass is 388 g/mol. The summed E-state index contributed by atoms with van der Waals surface area (Å²) in [6, 6.07) is 7.34. The van der Waals surface area contributed by atoms with Crippen molar-refractivity contribution in [1.82, 2.24) is 10.2 Å². The molecule has 1 fully saturated rings. The van der Waals surface area contributed by atoms with Crippen molar-refractivity contribution in [1.29, 1.82) is 0 Å². The highest BCUT2D eigenvalue weighted by atomic mass is 35.5. The third kappa shape index (κ3) is 7.85. The minimum Gasteiger partial charge on any atom is -0.494 e. The summed E-state index contributed by atoms with van der Waals surface area (Å²) in [5.74, 6) is 2.12. The molecule has 1 N–H and O–H groups in total. The van der Waals surface area contributed by atoms with Crippen LogP contribution in [0.2, 0.25) is 5.02 Å². The first-order valence-electron chi connectivity index (χ1n) is 8.89. The van der Waals surface area contributed by atoms with E-state index in [0.29, 0.717) is 29.9 Å². The normalized spacial score (nSPS) is 18.1. The zero-order chi connectivity index (χ0) is 17.4. The van der Waals surface area contributed by atoms with Crippen LogP contribution in [0, 0.1) is 11.8 Å². The van der Waals surface area contributed by atoms with Crippen LogP contribution in [0.15, 0.2) is 24.3 Å². The van der Waals surface area contributed by atoms with Gasteiger partial charge in [-0.3, -0.25) is 4.79 Å². The number of nitrogens with zero attached hydrogens (tertiary/aromatic N) is 1. The maximum Gasteiger partial charge on any atom is 0.222 e. The van der Waals surface area contributed by atoms with Gasteiger partial charge in [-0.1, -0.05) is 18.5 Å². The van der Waals surface area contributed by atoms with Gasteiger partial charge in [-0.25, -0.2) is 0 Å². The summed E-state index contributed by atoms with van der Waals surface area (Å²) < 4.78 is 5.66. The van der Waals surface area contributed by atoms with Gasteiger partial charge in [0.15, 0.2) is 0 Å². The fourth-order valence-corrected chi connectivity index (χ4v) is 3.24. The van der Waals surface area contributed by atoms with Crippen LogP contribution < -0.4 is 10.1 Å². The quantitative estimate of drug-likeness (QED) is 0.683. The van der Waals surface area contributed by atoms with E-state index in [1.54, 1.807) is 0 Å². The van der Waals surface area contributed by atoms with Gasteiger partial charge in [-0.15, -0.1) is 12.4 Å². The van der Waals surface area contributed by atoms with E-state index in [2.05, 4.69) is 12.2 Å². The van der Waals surface area contributed by atoms with Crippen molar-refractivity contribution < 1.29 is 9.53 Å².